The van der Waals surface area contributed by atoms with Crippen molar-refractivity contribution in [2.75, 3.05) is 13.2 Å². The Morgan fingerprint density at radius 1 is 0.410 bits per heavy atom. The fourth-order valence-corrected chi connectivity index (χ4v) is 9.15. The average molecular weight is 1160 g/mol. The van der Waals surface area contributed by atoms with Gasteiger partial charge in [-0.1, -0.05) is 258 Å². The lowest BCUT2D eigenvalue weighted by Gasteiger charge is -2.40. The van der Waals surface area contributed by atoms with E-state index >= 15 is 0 Å². The van der Waals surface area contributed by atoms with Gasteiger partial charge in [-0.05, 0) is 96.3 Å². The molecule has 6 atom stereocenters. The van der Waals surface area contributed by atoms with Crippen LogP contribution >= 0.6 is 0 Å². The first kappa shape index (κ1) is 76.1. The Morgan fingerprint density at radius 2 is 0.783 bits per heavy atom. The number of aliphatic carboxylic acids is 1. The maximum atomic E-state index is 13.2. The number of ether oxygens (including phenoxy) is 5. The summed E-state index contributed by atoms with van der Waals surface area (Å²) in [7, 11) is 0. The topological polar surface area (TPSA) is 175 Å². The maximum absolute atomic E-state index is 13.2. The number of carbonyl (C=O) groups excluding carboxylic acids is 3. The Morgan fingerprint density at radius 3 is 1.20 bits per heavy atom. The number of carboxylic acids is 1. The molecule has 0 saturated carbocycles. The van der Waals surface area contributed by atoms with Crippen molar-refractivity contribution in [3.8, 4) is 0 Å². The predicted molar refractivity (Wildman–Crippen MR) is 340 cm³/mol. The van der Waals surface area contributed by atoms with Gasteiger partial charge >= 0.3 is 23.9 Å². The molecule has 0 radical (unpaired) electrons. The third-order valence-corrected chi connectivity index (χ3v) is 14.0. The molecule has 0 aliphatic carbocycles. The Hall–Kier alpha value is -4.88. The quantitative estimate of drug-likeness (QED) is 0.0228. The lowest BCUT2D eigenvalue weighted by molar-refractivity contribution is -0.301. The predicted octanol–water partition coefficient (Wildman–Crippen LogP) is 17.6. The van der Waals surface area contributed by atoms with Crippen LogP contribution in [0.15, 0.2) is 122 Å². The van der Waals surface area contributed by atoms with Gasteiger partial charge in [0.1, 0.15) is 18.8 Å². The number of esters is 3. The molecule has 1 aliphatic heterocycles. The average Bonchev–Trinajstić information content (AvgIpc) is 3.60. The van der Waals surface area contributed by atoms with E-state index in [0.717, 1.165) is 89.9 Å². The molecule has 470 valence electrons. The molecule has 0 aromatic heterocycles. The summed E-state index contributed by atoms with van der Waals surface area (Å²) in [5, 5.41) is 31.6. The highest BCUT2D eigenvalue weighted by atomic mass is 16.7. The molecule has 1 aliphatic rings. The lowest BCUT2D eigenvalue weighted by atomic mass is 9.98. The second kappa shape index (κ2) is 57.5. The molecule has 83 heavy (non-hydrogen) atoms. The van der Waals surface area contributed by atoms with Crippen molar-refractivity contribution >= 4 is 23.9 Å². The Kier molecular flexibility index (Phi) is 52.8. The SMILES string of the molecule is CC/C=C\C/C=C\C/C=C\C/C=C\C/C=C\C/C=C\CCC(=O)OC1C(OCC(COC(=O)CCCCCCCCCCCCCCCCCCCCC)OC(=O)CCCC/C=C\C/C=C\C/C=C\C/C=C\CC)OC(C(=O)O)C(O)C1O. The standard InChI is InChI=1S/C71H114O12/c1-4-7-10-13-16-19-22-25-28-30-32-34-37-39-42-45-48-51-54-57-63(72)79-60-62(81-64(73)58-55-52-49-46-43-40-36-27-24-21-18-15-12-9-6-3)61-80-71-69(67(76)66(75)68(83-71)70(77)78)82-65(74)59-56-53-50-47-44-41-38-35-33-31-29-26-23-20-17-14-11-8-5-2/h8-9,11-12,17-18,20-21,26-27,29,33,35-36,41,43-44,46,50,53,62,66-69,71,75-76H,4-7,10,13-16,19,22-25,28,30-32,34,37-40,42,45,47-49,51-52,54-61H2,1-3H3,(H,77,78)/b11-8-,12-9-,20-17-,21-18-,29-26-,35-33-,36-27-,44-41-,46-43-,53-50-. The van der Waals surface area contributed by atoms with Gasteiger partial charge in [0, 0.05) is 19.3 Å². The number of carboxylic acid groups (broad SMARTS) is 1. The van der Waals surface area contributed by atoms with E-state index < -0.39 is 67.3 Å². The minimum Gasteiger partial charge on any atom is -0.479 e. The number of rotatable bonds is 54. The normalized spacial score (nSPS) is 18.4. The molecule has 1 rings (SSSR count). The van der Waals surface area contributed by atoms with Crippen LogP contribution < -0.4 is 0 Å². The highest BCUT2D eigenvalue weighted by Gasteiger charge is 2.50. The summed E-state index contributed by atoms with van der Waals surface area (Å²) in [6.45, 7) is 5.72. The molecule has 6 unspecified atom stereocenters. The molecule has 1 saturated heterocycles. The van der Waals surface area contributed by atoms with Crippen molar-refractivity contribution < 1.29 is 58.2 Å². The highest BCUT2D eigenvalue weighted by molar-refractivity contribution is 5.74. The maximum Gasteiger partial charge on any atom is 0.335 e. The summed E-state index contributed by atoms with van der Waals surface area (Å²) in [6.07, 6.45) is 67.5. The Bertz CT molecular complexity index is 1900. The van der Waals surface area contributed by atoms with Crippen LogP contribution in [0.25, 0.3) is 0 Å². The fraction of sp³-hybridized carbons (Fsp3) is 0.662. The van der Waals surface area contributed by atoms with Gasteiger partial charge in [0.25, 0.3) is 0 Å². The van der Waals surface area contributed by atoms with Crippen LogP contribution in [0.4, 0.5) is 0 Å². The van der Waals surface area contributed by atoms with E-state index in [0.29, 0.717) is 25.7 Å². The summed E-state index contributed by atoms with van der Waals surface area (Å²) in [6, 6.07) is 0. The third-order valence-electron chi connectivity index (χ3n) is 14.0. The van der Waals surface area contributed by atoms with Crippen molar-refractivity contribution in [3.63, 3.8) is 0 Å². The number of hydrogen-bond acceptors (Lipinski definition) is 11. The van der Waals surface area contributed by atoms with E-state index in [-0.39, 0.29) is 25.9 Å². The summed E-state index contributed by atoms with van der Waals surface area (Å²) < 4.78 is 28.4. The van der Waals surface area contributed by atoms with E-state index in [1.54, 1.807) is 0 Å². The molecule has 12 nitrogen and oxygen atoms in total. The van der Waals surface area contributed by atoms with E-state index in [4.69, 9.17) is 23.7 Å². The summed E-state index contributed by atoms with van der Waals surface area (Å²) in [4.78, 5) is 51.3. The molecule has 0 bridgehead atoms. The van der Waals surface area contributed by atoms with Crippen LogP contribution in [-0.4, -0.2) is 89.2 Å². The minimum atomic E-state index is -1.94. The number of aliphatic hydroxyl groups excluding tert-OH is 2. The Labute approximate surface area is 503 Å². The molecule has 0 amide bonds. The number of carbonyl (C=O) groups is 4. The number of hydrogen-bond donors (Lipinski definition) is 3. The largest absolute Gasteiger partial charge is 0.479 e. The van der Waals surface area contributed by atoms with Crippen LogP contribution in [0.3, 0.4) is 0 Å². The van der Waals surface area contributed by atoms with Crippen LogP contribution in [0.5, 0.6) is 0 Å². The number of unbranched alkanes of at least 4 members (excludes halogenated alkanes) is 20. The van der Waals surface area contributed by atoms with Crippen LogP contribution in [0.1, 0.15) is 252 Å². The third kappa shape index (κ3) is 47.1. The zero-order chi connectivity index (χ0) is 60.3. The summed E-state index contributed by atoms with van der Waals surface area (Å²) >= 11 is 0. The first-order valence-electron chi connectivity index (χ1n) is 32.5. The second-order valence-electron chi connectivity index (χ2n) is 21.6. The van der Waals surface area contributed by atoms with Crippen LogP contribution in [-0.2, 0) is 42.9 Å². The van der Waals surface area contributed by atoms with E-state index in [1.165, 1.54) is 96.3 Å². The number of aliphatic hydroxyl groups is 2. The summed E-state index contributed by atoms with van der Waals surface area (Å²) in [5.41, 5.74) is 0. The van der Waals surface area contributed by atoms with Crippen molar-refractivity contribution in [2.24, 2.45) is 0 Å². The first-order valence-corrected chi connectivity index (χ1v) is 32.5. The second-order valence-corrected chi connectivity index (χ2v) is 21.6. The van der Waals surface area contributed by atoms with Gasteiger partial charge in [-0.25, -0.2) is 4.79 Å². The monoisotopic (exact) mass is 1160 g/mol. The molecule has 1 heterocycles. The molecule has 0 aromatic carbocycles. The highest BCUT2D eigenvalue weighted by Crippen LogP contribution is 2.26. The molecule has 0 aromatic rings. The van der Waals surface area contributed by atoms with Crippen molar-refractivity contribution in [3.05, 3.63) is 122 Å². The fourth-order valence-electron chi connectivity index (χ4n) is 9.15. The van der Waals surface area contributed by atoms with Crippen LogP contribution in [0, 0.1) is 0 Å². The smallest absolute Gasteiger partial charge is 0.335 e. The molecular weight excluding hydrogens is 1040 g/mol. The van der Waals surface area contributed by atoms with Crippen molar-refractivity contribution in [1.29, 1.82) is 0 Å². The minimum absolute atomic E-state index is 0.0749. The molecule has 1 fully saturated rings. The van der Waals surface area contributed by atoms with Gasteiger partial charge < -0.3 is 39.0 Å². The Balaban J connectivity index is 2.72. The van der Waals surface area contributed by atoms with Crippen molar-refractivity contribution in [2.45, 2.75) is 289 Å². The van der Waals surface area contributed by atoms with Gasteiger partial charge in [-0.15, -0.1) is 0 Å². The van der Waals surface area contributed by atoms with Gasteiger partial charge in [0.2, 0.25) is 0 Å². The number of allylic oxidation sites excluding steroid dienone is 20. The van der Waals surface area contributed by atoms with Gasteiger partial charge in [-0.3, -0.25) is 14.4 Å². The lowest BCUT2D eigenvalue weighted by Crippen LogP contribution is -2.61. The van der Waals surface area contributed by atoms with Crippen molar-refractivity contribution in [1.82, 2.24) is 0 Å². The van der Waals surface area contributed by atoms with E-state index in [9.17, 15) is 34.5 Å². The molecule has 12 heteroatoms. The zero-order valence-corrected chi connectivity index (χ0v) is 51.9. The van der Waals surface area contributed by atoms with E-state index in [2.05, 4.69) is 124 Å². The molecule has 3 N–H and O–H groups in total. The molecule has 0 spiro atoms. The van der Waals surface area contributed by atoms with Gasteiger partial charge in [0.15, 0.2) is 24.6 Å². The molecular formula is C71H114O12. The first-order chi connectivity index (χ1) is 40.6. The van der Waals surface area contributed by atoms with Gasteiger partial charge in [0.05, 0.1) is 6.61 Å². The van der Waals surface area contributed by atoms with E-state index in [1.807, 2.05) is 18.2 Å². The zero-order valence-electron chi connectivity index (χ0n) is 51.9. The summed E-state index contributed by atoms with van der Waals surface area (Å²) in [5.74, 6) is -3.29. The van der Waals surface area contributed by atoms with Gasteiger partial charge in [-0.2, -0.15) is 0 Å². The van der Waals surface area contributed by atoms with Crippen LogP contribution in [0.2, 0.25) is 0 Å².